The van der Waals surface area contributed by atoms with Crippen molar-refractivity contribution in [2.45, 2.75) is 180 Å². The molecule has 0 spiro atoms. The monoisotopic (exact) mass is 769 g/mol. The van der Waals surface area contributed by atoms with Crippen molar-refractivity contribution in [3.05, 3.63) is 33.0 Å². The van der Waals surface area contributed by atoms with E-state index in [2.05, 4.69) is 53.7 Å². The van der Waals surface area contributed by atoms with Crippen molar-refractivity contribution in [1.29, 1.82) is 0 Å². The molecule has 0 radical (unpaired) electrons. The first-order valence-electron chi connectivity index (χ1n) is 20.8. The normalized spacial score (nSPS) is 18.4. The number of amides is 2. The fourth-order valence-electron chi connectivity index (χ4n) is 8.41. The Labute approximate surface area is 324 Å². The smallest absolute Gasteiger partial charge is 0.263 e. The van der Waals surface area contributed by atoms with Crippen molar-refractivity contribution in [3.63, 3.8) is 0 Å². The maximum Gasteiger partial charge on any atom is 0.263 e. The number of hydrogen-bond acceptors (Lipinski definition) is 5. The highest BCUT2D eigenvalue weighted by atomic mass is 32.3. The Morgan fingerprint density at radius 2 is 1.16 bits per heavy atom. The van der Waals surface area contributed by atoms with Crippen molar-refractivity contribution in [2.24, 2.45) is 5.92 Å². The van der Waals surface area contributed by atoms with Gasteiger partial charge in [-0.25, -0.2) is 0 Å². The molecule has 284 valence electrons. The lowest BCUT2D eigenvalue weighted by atomic mass is 10.0. The molecule has 0 bridgehead atoms. The van der Waals surface area contributed by atoms with Crippen LogP contribution in [0, 0.1) is 19.8 Å². The van der Waals surface area contributed by atoms with Crippen molar-refractivity contribution in [1.82, 2.24) is 4.90 Å². The zero-order valence-electron chi connectivity index (χ0n) is 32.9. The van der Waals surface area contributed by atoms with Crippen molar-refractivity contribution < 1.29 is 9.59 Å². The number of carbonyl (C=O) groups is 2. The van der Waals surface area contributed by atoms with E-state index in [-0.39, 0.29) is 11.8 Å². The van der Waals surface area contributed by atoms with Crippen LogP contribution in [0.5, 0.6) is 0 Å². The topological polar surface area (TPSA) is 37.4 Å². The summed E-state index contributed by atoms with van der Waals surface area (Å²) in [5.41, 5.74) is 1.38. The second-order valence-corrected chi connectivity index (χ2v) is 22.4. The first-order valence-corrected chi connectivity index (χ1v) is 25.3. The Bertz CT molecular complexity index is 1580. The molecule has 2 aliphatic heterocycles. The number of nitrogens with zero attached hydrogens (tertiary/aromatic N) is 1. The van der Waals surface area contributed by atoms with E-state index in [0.717, 1.165) is 28.5 Å². The van der Waals surface area contributed by atoms with Gasteiger partial charge in [-0.3, -0.25) is 14.5 Å². The molecule has 2 atom stereocenters. The quantitative estimate of drug-likeness (QED) is 0.0636. The number of imide groups is 1. The molecular weight excluding hydrogens is 703 g/mol. The molecule has 7 heteroatoms. The second-order valence-electron chi connectivity index (χ2n) is 15.5. The van der Waals surface area contributed by atoms with E-state index in [1.54, 1.807) is 26.0 Å². The van der Waals surface area contributed by atoms with Crippen LogP contribution in [0.2, 0.25) is 0 Å². The molecule has 2 unspecified atom stereocenters. The summed E-state index contributed by atoms with van der Waals surface area (Å²) in [6.45, 7) is 14.2. The van der Waals surface area contributed by atoms with Crippen LogP contribution in [-0.2, 0) is 0 Å². The van der Waals surface area contributed by atoms with Gasteiger partial charge in [-0.1, -0.05) is 137 Å². The summed E-state index contributed by atoms with van der Waals surface area (Å²) >= 11 is 5.59. The lowest BCUT2D eigenvalue weighted by molar-refractivity contribution is 0.0651. The molecule has 3 nitrogen and oxygen atoms in total. The Hall–Kier alpha value is -1.41. The van der Waals surface area contributed by atoms with Crippen molar-refractivity contribution in [3.8, 4) is 19.5 Å². The number of thiophene rings is 3. The maximum absolute atomic E-state index is 14.1. The van der Waals surface area contributed by atoms with Crippen LogP contribution >= 0.6 is 44.0 Å². The zero-order valence-corrected chi connectivity index (χ0v) is 36.2. The molecule has 2 aliphatic rings. The van der Waals surface area contributed by atoms with Crippen LogP contribution < -0.4 is 0 Å². The molecule has 0 saturated carbocycles. The van der Waals surface area contributed by atoms with Gasteiger partial charge >= 0.3 is 0 Å². The van der Waals surface area contributed by atoms with Crippen LogP contribution in [0.3, 0.4) is 0 Å². The highest BCUT2D eigenvalue weighted by Gasteiger charge is 2.45. The molecule has 0 saturated heterocycles. The largest absolute Gasteiger partial charge is 0.274 e. The van der Waals surface area contributed by atoms with Crippen molar-refractivity contribution >= 4 is 55.9 Å². The molecule has 5 rings (SSSR count). The molecule has 0 fully saturated rings. The number of carbonyl (C=O) groups excluding carboxylic acids is 2. The van der Waals surface area contributed by atoms with Crippen molar-refractivity contribution in [2.75, 3.05) is 18.1 Å². The highest BCUT2D eigenvalue weighted by molar-refractivity contribution is 8.34. The molecule has 0 aliphatic carbocycles. The molecular formula is C44H67NO2S4. The predicted molar refractivity (Wildman–Crippen MR) is 228 cm³/mol. The Balaban J connectivity index is 1.37. The minimum atomic E-state index is -1.19. The SMILES string of the molecule is CCCCCCCCCCCCN1C(=O)c2c(C)sc(-c3cc4c(s3)-c3sc(C)cc3S4(CCCCCCCC)CC(CC)CCCC)c2C1=O. The van der Waals surface area contributed by atoms with Gasteiger partial charge < -0.3 is 0 Å². The van der Waals surface area contributed by atoms with E-state index in [9.17, 15) is 9.59 Å². The van der Waals surface area contributed by atoms with E-state index in [0.29, 0.717) is 17.7 Å². The Morgan fingerprint density at radius 1 is 0.608 bits per heavy atom. The Morgan fingerprint density at radius 3 is 1.78 bits per heavy atom. The highest BCUT2D eigenvalue weighted by Crippen LogP contribution is 2.76. The lowest BCUT2D eigenvalue weighted by Crippen LogP contribution is -2.31. The van der Waals surface area contributed by atoms with Gasteiger partial charge in [0.2, 0.25) is 0 Å². The van der Waals surface area contributed by atoms with Gasteiger partial charge in [0.1, 0.15) is 0 Å². The minimum Gasteiger partial charge on any atom is -0.274 e. The number of aryl methyl sites for hydroxylation is 2. The minimum absolute atomic E-state index is 0.0530. The third kappa shape index (κ3) is 9.28. The number of unbranched alkanes of at least 4 members (excludes halogenated alkanes) is 15. The van der Waals surface area contributed by atoms with Gasteiger partial charge in [0.25, 0.3) is 11.8 Å². The fraction of sp³-hybridized carbons (Fsp3) is 0.682. The summed E-state index contributed by atoms with van der Waals surface area (Å²) in [6, 6.07) is 5.08. The van der Waals surface area contributed by atoms with Gasteiger partial charge in [0, 0.05) is 31.0 Å². The zero-order chi connectivity index (χ0) is 36.4. The molecule has 51 heavy (non-hydrogen) atoms. The van der Waals surface area contributed by atoms with Gasteiger partial charge in [-0.05, 0) is 62.7 Å². The standard InChI is InChI=1S/C44H67NO2S4/c1-7-11-14-16-18-19-20-21-22-24-27-45-43(46)38-33(6)49-40(39(38)44(45)47)35-30-37-42(50-35)41-36(29-32(5)48-41)51(37,28-25-23-17-15-12-8-2)31-34(10-4)26-13-9-3/h29-30,34H,7-28,31H2,1-6H3. The molecule has 2 amide bonds. The van der Waals surface area contributed by atoms with E-state index in [1.165, 1.54) is 147 Å². The average molecular weight is 770 g/mol. The molecule has 5 heterocycles. The number of rotatable bonds is 25. The van der Waals surface area contributed by atoms with Crippen LogP contribution in [0.1, 0.15) is 187 Å². The van der Waals surface area contributed by atoms with Gasteiger partial charge in [0.15, 0.2) is 0 Å². The van der Waals surface area contributed by atoms with E-state index < -0.39 is 10.0 Å². The third-order valence-electron chi connectivity index (χ3n) is 11.4. The third-order valence-corrected chi connectivity index (χ3v) is 19.7. The Kier molecular flexibility index (Phi) is 15.8. The summed E-state index contributed by atoms with van der Waals surface area (Å²) in [5.74, 6) is 3.23. The first kappa shape index (κ1) is 40.8. The van der Waals surface area contributed by atoms with Crippen LogP contribution in [0.4, 0.5) is 0 Å². The van der Waals surface area contributed by atoms with E-state index >= 15 is 0 Å². The van der Waals surface area contributed by atoms with E-state index in [4.69, 9.17) is 0 Å². The summed E-state index contributed by atoms with van der Waals surface area (Å²) in [5, 5.41) is 0. The number of fused-ring (bicyclic) bond motifs is 4. The van der Waals surface area contributed by atoms with Gasteiger partial charge in [0.05, 0.1) is 25.8 Å². The predicted octanol–water partition coefficient (Wildman–Crippen LogP) is 15.5. The summed E-state index contributed by atoms with van der Waals surface area (Å²) < 4.78 is 0. The summed E-state index contributed by atoms with van der Waals surface area (Å²) in [6.07, 6.45) is 25.6. The molecule has 3 aromatic heterocycles. The maximum atomic E-state index is 14.1. The summed E-state index contributed by atoms with van der Waals surface area (Å²) in [4.78, 5) is 40.3. The van der Waals surface area contributed by atoms with Crippen LogP contribution in [-0.4, -0.2) is 34.8 Å². The first-order chi connectivity index (χ1) is 24.8. The fourth-order valence-corrected chi connectivity index (χ4v) is 18.0. The van der Waals surface area contributed by atoms with E-state index in [1.807, 2.05) is 22.7 Å². The summed E-state index contributed by atoms with van der Waals surface area (Å²) in [7, 11) is -1.19. The molecule has 0 aromatic carbocycles. The molecule has 3 aromatic rings. The van der Waals surface area contributed by atoms with Crippen LogP contribution in [0.15, 0.2) is 21.9 Å². The second kappa shape index (κ2) is 19.8. The average Bonchev–Trinajstić information content (AvgIpc) is 3.91. The lowest BCUT2D eigenvalue weighted by Gasteiger charge is -2.40. The van der Waals surface area contributed by atoms with Gasteiger partial charge in [-0.15, -0.1) is 34.0 Å². The van der Waals surface area contributed by atoms with Gasteiger partial charge in [-0.2, -0.15) is 10.0 Å². The van der Waals surface area contributed by atoms with Crippen LogP contribution in [0.25, 0.3) is 19.5 Å². The molecule has 0 N–H and O–H groups in total. The number of hydrogen-bond donors (Lipinski definition) is 0.